The van der Waals surface area contributed by atoms with E-state index in [1.807, 2.05) is 0 Å². The van der Waals surface area contributed by atoms with Gasteiger partial charge in [-0.3, -0.25) is 0 Å². The molecule has 0 saturated carbocycles. The molecule has 0 aliphatic heterocycles. The van der Waals surface area contributed by atoms with Crippen molar-refractivity contribution in [1.29, 1.82) is 0 Å². The maximum Gasteiger partial charge on any atom is 0.143 e. The van der Waals surface area contributed by atoms with Gasteiger partial charge in [0.1, 0.15) is 11.2 Å². The van der Waals surface area contributed by atoms with Crippen molar-refractivity contribution in [3.05, 3.63) is 158 Å². The molecule has 9 aromatic carbocycles. The van der Waals surface area contributed by atoms with Crippen LogP contribution in [-0.2, 0) is 0 Å². The van der Waals surface area contributed by atoms with Crippen LogP contribution in [0.3, 0.4) is 0 Å². The SMILES string of the molecule is c1ccc(-c2ccc3ccc4c(-c5ccc6oc7c(-c8cccc9ccccc89)cccc7c6c5)ccc5ccc2c3c54)cc1. The maximum atomic E-state index is 6.61. The average Bonchev–Trinajstić information content (AvgIpc) is 3.49. The van der Waals surface area contributed by atoms with Gasteiger partial charge in [-0.15, -0.1) is 0 Å². The molecule has 0 N–H and O–H groups in total. The van der Waals surface area contributed by atoms with Crippen molar-refractivity contribution < 1.29 is 4.42 Å². The zero-order valence-corrected chi connectivity index (χ0v) is 24.4. The van der Waals surface area contributed by atoms with Gasteiger partial charge in [-0.1, -0.05) is 146 Å². The number of rotatable bonds is 3. The van der Waals surface area contributed by atoms with Gasteiger partial charge in [-0.2, -0.15) is 0 Å². The minimum Gasteiger partial charge on any atom is -0.455 e. The molecule has 10 aromatic rings. The zero-order chi connectivity index (χ0) is 29.5. The predicted molar refractivity (Wildman–Crippen MR) is 191 cm³/mol. The first-order valence-corrected chi connectivity index (χ1v) is 15.5. The van der Waals surface area contributed by atoms with Crippen LogP contribution in [0.4, 0.5) is 0 Å². The average molecular weight is 571 g/mol. The van der Waals surface area contributed by atoms with E-state index in [-0.39, 0.29) is 0 Å². The zero-order valence-electron chi connectivity index (χ0n) is 24.4. The van der Waals surface area contributed by atoms with Gasteiger partial charge in [0, 0.05) is 16.3 Å². The van der Waals surface area contributed by atoms with Crippen molar-refractivity contribution in [3.63, 3.8) is 0 Å². The second-order valence-electron chi connectivity index (χ2n) is 12.0. The van der Waals surface area contributed by atoms with Crippen molar-refractivity contribution in [2.45, 2.75) is 0 Å². The predicted octanol–water partition coefficient (Wildman–Crippen LogP) is 12.6. The fourth-order valence-electron chi connectivity index (χ4n) is 7.56. The highest BCUT2D eigenvalue weighted by Gasteiger charge is 2.17. The minimum atomic E-state index is 0.909. The number of fused-ring (bicyclic) bond motifs is 4. The molecule has 1 heteroatoms. The maximum absolute atomic E-state index is 6.61. The highest BCUT2D eigenvalue weighted by molar-refractivity contribution is 6.27. The van der Waals surface area contributed by atoms with E-state index in [0.29, 0.717) is 0 Å². The lowest BCUT2D eigenvalue weighted by Gasteiger charge is -2.16. The Hall–Kier alpha value is -5.92. The third-order valence-electron chi connectivity index (χ3n) is 9.64. The monoisotopic (exact) mass is 570 g/mol. The van der Waals surface area contributed by atoms with Crippen LogP contribution in [-0.4, -0.2) is 0 Å². The standard InChI is InChI=1S/C44H26O/c1-2-8-27(9-3-1)33-21-16-29-19-24-37-34(22-17-30-18-23-36(33)42(29)43(30)37)31-20-25-41-40(26-31)39-15-7-14-38(44(39)45-41)35-13-6-11-28-10-4-5-12-32(28)35/h1-26H. The van der Waals surface area contributed by atoms with Crippen LogP contribution < -0.4 is 0 Å². The molecule has 0 spiro atoms. The van der Waals surface area contributed by atoms with Gasteiger partial charge in [-0.05, 0) is 83.0 Å². The topological polar surface area (TPSA) is 13.1 Å². The molecule has 0 saturated heterocycles. The van der Waals surface area contributed by atoms with Gasteiger partial charge in [0.15, 0.2) is 0 Å². The largest absolute Gasteiger partial charge is 0.455 e. The van der Waals surface area contributed by atoms with Gasteiger partial charge in [0.25, 0.3) is 0 Å². The van der Waals surface area contributed by atoms with E-state index in [0.717, 1.165) is 27.5 Å². The van der Waals surface area contributed by atoms with Crippen LogP contribution in [0.25, 0.3) is 98.4 Å². The third kappa shape index (κ3) is 3.56. The lowest BCUT2D eigenvalue weighted by Crippen LogP contribution is -1.89. The van der Waals surface area contributed by atoms with Gasteiger partial charge >= 0.3 is 0 Å². The van der Waals surface area contributed by atoms with Crippen LogP contribution in [0.15, 0.2) is 162 Å². The summed E-state index contributed by atoms with van der Waals surface area (Å²) in [5.41, 5.74) is 9.12. The molecule has 1 nitrogen and oxygen atoms in total. The number of hydrogen-bond acceptors (Lipinski definition) is 1. The summed E-state index contributed by atoms with van der Waals surface area (Å²) < 4.78 is 6.61. The van der Waals surface area contributed by atoms with E-state index in [1.54, 1.807) is 0 Å². The van der Waals surface area contributed by atoms with Crippen molar-refractivity contribution in [3.8, 4) is 33.4 Å². The van der Waals surface area contributed by atoms with Crippen molar-refractivity contribution in [2.24, 2.45) is 0 Å². The van der Waals surface area contributed by atoms with E-state index < -0.39 is 0 Å². The van der Waals surface area contributed by atoms with Crippen LogP contribution in [0, 0.1) is 0 Å². The lowest BCUT2D eigenvalue weighted by molar-refractivity contribution is 0.670. The number of hydrogen-bond donors (Lipinski definition) is 0. The Bertz CT molecular complexity index is 2740. The molecule has 0 bridgehead atoms. The van der Waals surface area contributed by atoms with Crippen molar-refractivity contribution >= 4 is 65.0 Å². The summed E-state index contributed by atoms with van der Waals surface area (Å²) in [5, 5.41) is 12.5. The second kappa shape index (κ2) is 9.29. The summed E-state index contributed by atoms with van der Waals surface area (Å²) in [4.78, 5) is 0. The molecule has 45 heavy (non-hydrogen) atoms. The molecular formula is C44H26O. The Balaban J connectivity index is 1.19. The molecule has 0 aliphatic rings. The highest BCUT2D eigenvalue weighted by atomic mass is 16.3. The molecule has 1 heterocycles. The first-order chi connectivity index (χ1) is 22.3. The van der Waals surface area contributed by atoms with E-state index in [1.165, 1.54) is 70.9 Å². The van der Waals surface area contributed by atoms with Gasteiger partial charge in [-0.25, -0.2) is 0 Å². The molecule has 1 aromatic heterocycles. The molecule has 0 amide bonds. The Kier molecular flexibility index (Phi) is 5.06. The van der Waals surface area contributed by atoms with Gasteiger partial charge in [0.2, 0.25) is 0 Å². The van der Waals surface area contributed by atoms with E-state index in [2.05, 4.69) is 158 Å². The Morgan fingerprint density at radius 2 is 0.933 bits per heavy atom. The fourth-order valence-corrected chi connectivity index (χ4v) is 7.56. The molecule has 0 radical (unpaired) electrons. The lowest BCUT2D eigenvalue weighted by atomic mass is 9.87. The van der Waals surface area contributed by atoms with E-state index in [4.69, 9.17) is 4.42 Å². The van der Waals surface area contributed by atoms with E-state index >= 15 is 0 Å². The minimum absolute atomic E-state index is 0.909. The summed E-state index contributed by atoms with van der Waals surface area (Å²) in [7, 11) is 0. The van der Waals surface area contributed by atoms with Crippen LogP contribution in [0.5, 0.6) is 0 Å². The second-order valence-corrected chi connectivity index (χ2v) is 12.0. The van der Waals surface area contributed by atoms with Gasteiger partial charge in [0.05, 0.1) is 0 Å². The van der Waals surface area contributed by atoms with Crippen molar-refractivity contribution in [1.82, 2.24) is 0 Å². The number of furan rings is 1. The Labute approximate surface area is 259 Å². The van der Waals surface area contributed by atoms with Crippen LogP contribution >= 0.6 is 0 Å². The first kappa shape index (κ1) is 24.5. The van der Waals surface area contributed by atoms with E-state index in [9.17, 15) is 0 Å². The van der Waals surface area contributed by atoms with Crippen LogP contribution in [0.2, 0.25) is 0 Å². The summed E-state index contributed by atoms with van der Waals surface area (Å²) in [6, 6.07) is 57.2. The van der Waals surface area contributed by atoms with Crippen LogP contribution in [0.1, 0.15) is 0 Å². The molecule has 0 aliphatic carbocycles. The molecular weight excluding hydrogens is 544 g/mol. The summed E-state index contributed by atoms with van der Waals surface area (Å²) in [5.74, 6) is 0. The summed E-state index contributed by atoms with van der Waals surface area (Å²) in [6.07, 6.45) is 0. The number of para-hydroxylation sites is 1. The summed E-state index contributed by atoms with van der Waals surface area (Å²) in [6.45, 7) is 0. The molecule has 0 unspecified atom stereocenters. The van der Waals surface area contributed by atoms with Crippen molar-refractivity contribution in [2.75, 3.05) is 0 Å². The Morgan fingerprint density at radius 3 is 1.73 bits per heavy atom. The first-order valence-electron chi connectivity index (χ1n) is 15.5. The molecule has 0 atom stereocenters. The number of benzene rings is 9. The normalized spacial score (nSPS) is 12.0. The van der Waals surface area contributed by atoms with Gasteiger partial charge < -0.3 is 4.42 Å². The highest BCUT2D eigenvalue weighted by Crippen LogP contribution is 2.44. The quantitative estimate of drug-likeness (QED) is 0.193. The molecule has 0 fully saturated rings. The Morgan fingerprint density at radius 1 is 0.311 bits per heavy atom. The smallest absolute Gasteiger partial charge is 0.143 e. The molecule has 208 valence electrons. The summed E-state index contributed by atoms with van der Waals surface area (Å²) >= 11 is 0. The fraction of sp³-hybridized carbons (Fsp3) is 0. The molecule has 10 rings (SSSR count). The third-order valence-corrected chi connectivity index (χ3v) is 9.64.